The maximum absolute atomic E-state index is 13.1. The first-order chi connectivity index (χ1) is 9.50. The third kappa shape index (κ3) is 3.26. The van der Waals surface area contributed by atoms with Crippen molar-refractivity contribution in [2.24, 2.45) is 5.41 Å². The molecular weight excluding hydrogens is 303 g/mol. The van der Waals surface area contributed by atoms with Crippen LogP contribution in [0, 0.1) is 5.41 Å². The summed E-state index contributed by atoms with van der Waals surface area (Å²) in [4.78, 5) is 5.43. The van der Waals surface area contributed by atoms with Crippen molar-refractivity contribution in [3.05, 3.63) is 24.0 Å². The van der Waals surface area contributed by atoms with Crippen LogP contribution in [0.25, 0.3) is 0 Å². The van der Waals surface area contributed by atoms with Crippen LogP contribution >= 0.6 is 12.4 Å². The lowest BCUT2D eigenvalue weighted by molar-refractivity contribution is -0.140. The predicted molar refractivity (Wildman–Crippen MR) is 77.9 cm³/mol. The maximum atomic E-state index is 13.1. The van der Waals surface area contributed by atoms with Crippen molar-refractivity contribution >= 4 is 18.1 Å². The number of hydrogen-bond donors (Lipinski definition) is 1. The Morgan fingerprint density at radius 3 is 2.76 bits per heavy atom. The van der Waals surface area contributed by atoms with Gasteiger partial charge in [0.1, 0.15) is 0 Å². The van der Waals surface area contributed by atoms with Crippen molar-refractivity contribution in [1.82, 2.24) is 10.3 Å². The smallest absolute Gasteiger partial charge is 0.369 e. The van der Waals surface area contributed by atoms with E-state index in [1.54, 1.807) is 6.07 Å². The van der Waals surface area contributed by atoms with Gasteiger partial charge in [-0.25, -0.2) is 4.98 Å². The quantitative estimate of drug-likeness (QED) is 0.861. The van der Waals surface area contributed by atoms with E-state index in [-0.39, 0.29) is 23.5 Å². The van der Waals surface area contributed by atoms with E-state index in [9.17, 15) is 13.2 Å². The molecule has 21 heavy (non-hydrogen) atoms. The Kier molecular flexibility index (Phi) is 4.68. The summed E-state index contributed by atoms with van der Waals surface area (Å²) in [6.07, 6.45) is -0.102. The molecule has 1 N–H and O–H groups in total. The molecule has 0 radical (unpaired) electrons. The third-order valence-corrected chi connectivity index (χ3v) is 4.39. The molecule has 2 aliphatic rings. The van der Waals surface area contributed by atoms with Crippen LogP contribution < -0.4 is 10.2 Å². The van der Waals surface area contributed by atoms with Gasteiger partial charge < -0.3 is 10.2 Å². The molecule has 0 aromatic carbocycles. The summed E-state index contributed by atoms with van der Waals surface area (Å²) in [7, 11) is 0. The van der Waals surface area contributed by atoms with Crippen molar-refractivity contribution < 1.29 is 13.2 Å². The monoisotopic (exact) mass is 321 g/mol. The summed E-state index contributed by atoms with van der Waals surface area (Å²) in [5.74, 6) is 0. The SMILES string of the molecule is Cl.FC(F)(F)c1ncccc1N1CCCC2(CCNC2)C1. The Hall–Kier alpha value is -1.01. The van der Waals surface area contributed by atoms with Gasteiger partial charge in [0.25, 0.3) is 0 Å². The van der Waals surface area contributed by atoms with E-state index in [4.69, 9.17) is 0 Å². The van der Waals surface area contributed by atoms with Crippen LogP contribution in [0.5, 0.6) is 0 Å². The highest BCUT2D eigenvalue weighted by Gasteiger charge is 2.41. The molecule has 0 aliphatic carbocycles. The Balaban J connectivity index is 0.00000161. The van der Waals surface area contributed by atoms with E-state index in [2.05, 4.69) is 10.3 Å². The van der Waals surface area contributed by atoms with Crippen LogP contribution in [0.15, 0.2) is 18.3 Å². The second-order valence-electron chi connectivity index (χ2n) is 5.82. The van der Waals surface area contributed by atoms with Crippen LogP contribution in [0.2, 0.25) is 0 Å². The number of piperidine rings is 1. The highest BCUT2D eigenvalue weighted by molar-refractivity contribution is 5.85. The topological polar surface area (TPSA) is 28.2 Å². The molecule has 1 aromatic heterocycles. The van der Waals surface area contributed by atoms with Gasteiger partial charge in [-0.3, -0.25) is 0 Å². The van der Waals surface area contributed by atoms with Crippen molar-refractivity contribution in [1.29, 1.82) is 0 Å². The van der Waals surface area contributed by atoms with E-state index in [1.807, 2.05) is 4.90 Å². The molecule has 3 heterocycles. The number of pyridine rings is 1. The normalized spacial score (nSPS) is 26.0. The van der Waals surface area contributed by atoms with Gasteiger partial charge in [0.15, 0.2) is 5.69 Å². The van der Waals surface area contributed by atoms with Gasteiger partial charge in [-0.05, 0) is 37.9 Å². The summed E-state index contributed by atoms with van der Waals surface area (Å²) >= 11 is 0. The van der Waals surface area contributed by atoms with Gasteiger partial charge in [-0.2, -0.15) is 13.2 Å². The van der Waals surface area contributed by atoms with E-state index in [1.165, 1.54) is 12.3 Å². The number of rotatable bonds is 1. The molecule has 2 aliphatic heterocycles. The largest absolute Gasteiger partial charge is 0.435 e. The van der Waals surface area contributed by atoms with Crippen molar-refractivity contribution in [3.8, 4) is 0 Å². The molecule has 1 unspecified atom stereocenters. The first kappa shape index (κ1) is 16.4. The molecule has 0 saturated carbocycles. The molecule has 2 fully saturated rings. The second kappa shape index (κ2) is 6.01. The fourth-order valence-electron chi connectivity index (χ4n) is 3.43. The summed E-state index contributed by atoms with van der Waals surface area (Å²) in [6, 6.07) is 3.12. The molecule has 0 amide bonds. The number of aromatic nitrogens is 1. The molecule has 1 atom stereocenters. The minimum absolute atomic E-state index is 0. The molecule has 1 spiro atoms. The minimum Gasteiger partial charge on any atom is -0.369 e. The lowest BCUT2D eigenvalue weighted by Gasteiger charge is -2.41. The van der Waals surface area contributed by atoms with Gasteiger partial charge in [-0.15, -0.1) is 12.4 Å². The van der Waals surface area contributed by atoms with Crippen LogP contribution in [0.1, 0.15) is 25.0 Å². The zero-order valence-electron chi connectivity index (χ0n) is 11.6. The number of anilines is 1. The minimum atomic E-state index is -4.39. The molecule has 1 aromatic rings. The van der Waals surface area contributed by atoms with Gasteiger partial charge >= 0.3 is 6.18 Å². The molecular formula is C14H19ClF3N3. The van der Waals surface area contributed by atoms with E-state index >= 15 is 0 Å². The first-order valence-corrected chi connectivity index (χ1v) is 6.98. The molecule has 3 nitrogen and oxygen atoms in total. The van der Waals surface area contributed by atoms with E-state index in [0.717, 1.165) is 32.4 Å². The van der Waals surface area contributed by atoms with Crippen LogP contribution in [0.4, 0.5) is 18.9 Å². The molecule has 0 bridgehead atoms. The van der Waals surface area contributed by atoms with E-state index in [0.29, 0.717) is 13.1 Å². The van der Waals surface area contributed by atoms with Gasteiger partial charge in [-0.1, -0.05) is 0 Å². The predicted octanol–water partition coefficient (Wildman–Crippen LogP) is 3.10. The Morgan fingerprint density at radius 1 is 1.29 bits per heavy atom. The second-order valence-corrected chi connectivity index (χ2v) is 5.82. The summed E-state index contributed by atoms with van der Waals surface area (Å²) < 4.78 is 39.2. The Bertz CT molecular complexity index is 487. The van der Waals surface area contributed by atoms with Gasteiger partial charge in [0.05, 0.1) is 5.69 Å². The maximum Gasteiger partial charge on any atom is 0.435 e. The zero-order chi connectivity index (χ0) is 14.2. The Morgan fingerprint density at radius 2 is 2.10 bits per heavy atom. The lowest BCUT2D eigenvalue weighted by atomic mass is 9.79. The lowest BCUT2D eigenvalue weighted by Crippen LogP contribution is -2.45. The third-order valence-electron chi connectivity index (χ3n) is 4.39. The van der Waals surface area contributed by atoms with Gasteiger partial charge in [0, 0.05) is 31.2 Å². The van der Waals surface area contributed by atoms with E-state index < -0.39 is 11.9 Å². The van der Waals surface area contributed by atoms with Crippen molar-refractivity contribution in [2.45, 2.75) is 25.4 Å². The fraction of sp³-hybridized carbons (Fsp3) is 0.643. The summed E-state index contributed by atoms with van der Waals surface area (Å²) in [5.41, 5.74) is -0.397. The average molecular weight is 322 g/mol. The highest BCUT2D eigenvalue weighted by Crippen LogP contribution is 2.40. The summed E-state index contributed by atoms with van der Waals surface area (Å²) in [6.45, 7) is 3.24. The Labute approximate surface area is 128 Å². The molecule has 118 valence electrons. The number of halogens is 4. The standard InChI is InChI=1S/C14H18F3N3.ClH/c15-14(16,17)12-11(3-1-6-19-12)20-8-2-4-13(10-20)5-7-18-9-13;/h1,3,6,18H,2,4-5,7-10H2;1H. The molecule has 3 rings (SSSR count). The zero-order valence-corrected chi connectivity index (χ0v) is 12.4. The highest BCUT2D eigenvalue weighted by atomic mass is 35.5. The molecule has 7 heteroatoms. The van der Waals surface area contributed by atoms with Crippen molar-refractivity contribution in [3.63, 3.8) is 0 Å². The number of alkyl halides is 3. The molecule has 2 saturated heterocycles. The van der Waals surface area contributed by atoms with Crippen LogP contribution in [-0.2, 0) is 6.18 Å². The fourth-order valence-corrected chi connectivity index (χ4v) is 3.43. The number of nitrogens with zero attached hydrogens (tertiary/aromatic N) is 2. The van der Waals surface area contributed by atoms with Gasteiger partial charge in [0.2, 0.25) is 0 Å². The summed E-state index contributed by atoms with van der Waals surface area (Å²) in [5, 5.41) is 3.34. The van der Waals surface area contributed by atoms with Crippen molar-refractivity contribution in [2.75, 3.05) is 31.1 Å². The van der Waals surface area contributed by atoms with Crippen LogP contribution in [-0.4, -0.2) is 31.2 Å². The number of nitrogens with one attached hydrogen (secondary N) is 1. The average Bonchev–Trinajstić information content (AvgIpc) is 2.86. The van der Waals surface area contributed by atoms with Crippen LogP contribution in [0.3, 0.4) is 0 Å². The number of hydrogen-bond acceptors (Lipinski definition) is 3. The first-order valence-electron chi connectivity index (χ1n) is 6.98.